The van der Waals surface area contributed by atoms with Gasteiger partial charge in [0.1, 0.15) is 0 Å². The Hall–Kier alpha value is -1.83. The van der Waals surface area contributed by atoms with Crippen LogP contribution in [-0.2, 0) is 16.8 Å². The van der Waals surface area contributed by atoms with Gasteiger partial charge in [-0.3, -0.25) is 9.97 Å². The quantitative estimate of drug-likeness (QED) is 0.470. The van der Waals surface area contributed by atoms with Gasteiger partial charge < -0.3 is 6.55 Å². The van der Waals surface area contributed by atoms with Gasteiger partial charge in [0.05, 0.1) is 22.8 Å². The van der Waals surface area contributed by atoms with Crippen molar-refractivity contribution >= 4 is 8.07 Å². The molecular formula is C19H22CoN3Si-. The van der Waals surface area contributed by atoms with Gasteiger partial charge in [-0.15, -0.1) is 8.07 Å². The minimum Gasteiger partial charge on any atom is -0.342 e. The Morgan fingerprint density at radius 3 is 1.38 bits per heavy atom. The number of nitrogens with zero attached hydrogens (tertiary/aromatic N) is 3. The third kappa shape index (κ3) is 7.16. The summed E-state index contributed by atoms with van der Waals surface area (Å²) in [6.45, 7) is 10.6. The van der Waals surface area contributed by atoms with Crippen LogP contribution in [-0.4, -0.2) is 23.0 Å². The van der Waals surface area contributed by atoms with Gasteiger partial charge in [-0.1, -0.05) is 37.8 Å². The number of rotatable bonds is 2. The van der Waals surface area contributed by atoms with Gasteiger partial charge in [-0.2, -0.15) is 0 Å². The minimum absolute atomic E-state index is 0. The van der Waals surface area contributed by atoms with E-state index < -0.39 is 8.07 Å². The average Bonchev–Trinajstić information content (AvgIpc) is 2.55. The molecule has 0 amide bonds. The number of hydrogen-bond acceptors (Lipinski definition) is 3. The molecule has 0 spiro atoms. The molecule has 0 saturated heterocycles. The van der Waals surface area contributed by atoms with Crippen LogP contribution >= 0.6 is 0 Å². The van der Waals surface area contributed by atoms with Crippen LogP contribution in [0.15, 0.2) is 67.0 Å². The fraction of sp³-hybridized carbons (Fsp3) is 0.158. The fourth-order valence-electron chi connectivity index (χ4n) is 1.75. The van der Waals surface area contributed by atoms with Gasteiger partial charge in [0.25, 0.3) is 0 Å². The molecular weight excluding hydrogens is 357 g/mol. The Kier molecular flexibility index (Phi) is 7.97. The molecule has 0 bridgehead atoms. The van der Waals surface area contributed by atoms with Gasteiger partial charge in [-0.25, -0.2) is 4.98 Å². The summed E-state index contributed by atoms with van der Waals surface area (Å²) >= 11 is 0. The first-order valence-corrected chi connectivity index (χ1v) is 11.3. The van der Waals surface area contributed by atoms with Crippen molar-refractivity contribution in [2.75, 3.05) is 0 Å². The monoisotopic (exact) mass is 379 g/mol. The smallest absolute Gasteiger partial charge is 0.0894 e. The summed E-state index contributed by atoms with van der Waals surface area (Å²) in [7, 11) is -0.861. The standard InChI is InChI=1S/C15H11N3.C4H11Si.Co/c1-3-10-16-12(6-1)14-8-5-9-15(18-14)13-7-2-4-11-17-13;1-5(2,3)4;/h1-11H;1H2,2-4H3;/q;-1;. The van der Waals surface area contributed by atoms with Crippen LogP contribution in [0.25, 0.3) is 22.8 Å². The van der Waals surface area contributed by atoms with Crippen LogP contribution in [0, 0.1) is 6.55 Å². The van der Waals surface area contributed by atoms with Crippen molar-refractivity contribution in [3.05, 3.63) is 73.5 Å². The molecule has 3 aromatic rings. The van der Waals surface area contributed by atoms with E-state index in [4.69, 9.17) is 0 Å². The van der Waals surface area contributed by atoms with E-state index in [0.717, 1.165) is 22.8 Å². The van der Waals surface area contributed by atoms with Crippen molar-refractivity contribution < 1.29 is 16.8 Å². The summed E-state index contributed by atoms with van der Waals surface area (Å²) in [5.74, 6) is 0. The van der Waals surface area contributed by atoms with Gasteiger partial charge in [0.15, 0.2) is 0 Å². The predicted octanol–water partition coefficient (Wildman–Crippen LogP) is 4.90. The molecule has 24 heavy (non-hydrogen) atoms. The molecule has 0 fully saturated rings. The maximum Gasteiger partial charge on any atom is 0.0894 e. The molecule has 3 heterocycles. The van der Waals surface area contributed by atoms with E-state index in [0.29, 0.717) is 0 Å². The first-order chi connectivity index (χ1) is 10.9. The summed E-state index contributed by atoms with van der Waals surface area (Å²) in [5.41, 5.74) is 3.46. The van der Waals surface area contributed by atoms with Gasteiger partial charge in [0.2, 0.25) is 0 Å². The summed E-state index contributed by atoms with van der Waals surface area (Å²) in [6.07, 6.45) is 3.54. The minimum atomic E-state index is -0.861. The molecule has 0 aliphatic carbocycles. The molecule has 5 heteroatoms. The van der Waals surface area contributed by atoms with Crippen LogP contribution in [0.1, 0.15) is 0 Å². The van der Waals surface area contributed by atoms with Gasteiger partial charge >= 0.3 is 0 Å². The van der Waals surface area contributed by atoms with Crippen LogP contribution in [0.2, 0.25) is 19.6 Å². The Bertz CT molecular complexity index is 668. The molecule has 0 unspecified atom stereocenters. The zero-order valence-electron chi connectivity index (χ0n) is 14.2. The molecule has 0 aromatic carbocycles. The average molecular weight is 379 g/mol. The van der Waals surface area contributed by atoms with Crippen molar-refractivity contribution in [3.8, 4) is 22.8 Å². The predicted molar refractivity (Wildman–Crippen MR) is 99.4 cm³/mol. The molecule has 0 aliphatic heterocycles. The summed E-state index contributed by atoms with van der Waals surface area (Å²) in [4.78, 5) is 13.2. The van der Waals surface area contributed by atoms with Crippen molar-refractivity contribution in [1.29, 1.82) is 0 Å². The summed E-state index contributed by atoms with van der Waals surface area (Å²) < 4.78 is 0. The second-order valence-corrected chi connectivity index (χ2v) is 11.5. The molecule has 0 atom stereocenters. The van der Waals surface area contributed by atoms with E-state index >= 15 is 0 Å². The molecule has 3 nitrogen and oxygen atoms in total. The second-order valence-electron chi connectivity index (χ2n) is 6.40. The Morgan fingerprint density at radius 1 is 0.667 bits per heavy atom. The van der Waals surface area contributed by atoms with Crippen LogP contribution in [0.5, 0.6) is 0 Å². The third-order valence-corrected chi connectivity index (χ3v) is 2.60. The van der Waals surface area contributed by atoms with Gasteiger partial charge in [-0.05, 0) is 36.4 Å². The number of hydrogen-bond donors (Lipinski definition) is 0. The Balaban J connectivity index is 0.000000425. The third-order valence-electron chi connectivity index (χ3n) is 2.60. The van der Waals surface area contributed by atoms with Crippen molar-refractivity contribution in [1.82, 2.24) is 15.0 Å². The maximum absolute atomic E-state index is 4.59. The topological polar surface area (TPSA) is 38.7 Å². The molecule has 127 valence electrons. The van der Waals surface area contributed by atoms with E-state index in [-0.39, 0.29) is 16.8 Å². The zero-order valence-corrected chi connectivity index (χ0v) is 16.3. The molecule has 1 radical (unpaired) electrons. The van der Waals surface area contributed by atoms with Crippen molar-refractivity contribution in [2.45, 2.75) is 19.6 Å². The summed E-state index contributed by atoms with van der Waals surface area (Å²) in [5, 5.41) is 0. The molecule has 0 aliphatic rings. The Labute approximate surface area is 155 Å². The van der Waals surface area contributed by atoms with Crippen LogP contribution < -0.4 is 0 Å². The summed E-state index contributed by atoms with van der Waals surface area (Å²) in [6, 6.07) is 17.5. The molecule has 3 rings (SSSR count). The molecule has 0 saturated carbocycles. The van der Waals surface area contributed by atoms with E-state index in [9.17, 15) is 0 Å². The zero-order chi connectivity index (χ0) is 16.7. The van der Waals surface area contributed by atoms with E-state index in [2.05, 4.69) is 41.1 Å². The van der Waals surface area contributed by atoms with E-state index in [1.807, 2.05) is 54.6 Å². The first kappa shape index (κ1) is 20.2. The normalized spacial score (nSPS) is 10.2. The fourth-order valence-corrected chi connectivity index (χ4v) is 1.75. The van der Waals surface area contributed by atoms with Crippen molar-refractivity contribution in [2.24, 2.45) is 0 Å². The van der Waals surface area contributed by atoms with Gasteiger partial charge in [0, 0.05) is 29.2 Å². The van der Waals surface area contributed by atoms with Crippen LogP contribution in [0.3, 0.4) is 0 Å². The number of aromatic nitrogens is 3. The van der Waals surface area contributed by atoms with E-state index in [1.165, 1.54) is 0 Å². The Morgan fingerprint density at radius 2 is 1.04 bits per heavy atom. The SMILES string of the molecule is [CH2-][Si](C)(C)C.[Co].c1ccc(-c2cccc(-c3ccccn3)n2)nc1. The largest absolute Gasteiger partial charge is 0.342 e. The maximum atomic E-state index is 4.59. The first-order valence-electron chi connectivity index (χ1n) is 7.59. The van der Waals surface area contributed by atoms with E-state index in [1.54, 1.807) is 12.4 Å². The number of pyridine rings is 3. The molecule has 3 aromatic heterocycles. The van der Waals surface area contributed by atoms with Crippen molar-refractivity contribution in [3.63, 3.8) is 0 Å². The van der Waals surface area contributed by atoms with Crippen LogP contribution in [0.4, 0.5) is 0 Å². The molecule has 0 N–H and O–H groups in total. The second kappa shape index (κ2) is 9.46.